The highest BCUT2D eigenvalue weighted by Gasteiger charge is 2.08. The van der Waals surface area contributed by atoms with Gasteiger partial charge in [0.25, 0.3) is 0 Å². The number of nitrogens with zero attached hydrogens (tertiary/aromatic N) is 2. The molecule has 1 N–H and O–H groups in total. The van der Waals surface area contributed by atoms with E-state index in [1.807, 2.05) is 32.2 Å². The lowest BCUT2D eigenvalue weighted by molar-refractivity contribution is 0.299. The fourth-order valence-electron chi connectivity index (χ4n) is 1.41. The molecule has 0 saturated heterocycles. The van der Waals surface area contributed by atoms with Crippen LogP contribution in [-0.2, 0) is 6.61 Å². The first-order chi connectivity index (χ1) is 8.20. The lowest BCUT2D eigenvalue weighted by Crippen LogP contribution is -2.00. The molecule has 4 nitrogen and oxygen atoms in total. The maximum absolute atomic E-state index is 5.72. The van der Waals surface area contributed by atoms with E-state index in [-0.39, 0.29) is 0 Å². The van der Waals surface area contributed by atoms with Gasteiger partial charge in [-0.2, -0.15) is 0 Å². The van der Waals surface area contributed by atoms with Gasteiger partial charge in [-0.25, -0.2) is 0 Å². The second-order valence-electron chi connectivity index (χ2n) is 3.50. The fraction of sp³-hybridized carbons (Fsp3) is 0.273. The Morgan fingerprint density at radius 3 is 3.00 bits per heavy atom. The molecule has 6 heteroatoms. The number of rotatable bonds is 4. The standard InChI is InChI=1S/C11H12BrN3OS/c1-7-5-8(12)3-4-10(7)16-6-9-11(13-2)17-15-14-9/h3-5,13H,6H2,1-2H3. The van der Waals surface area contributed by atoms with Crippen LogP contribution in [0.15, 0.2) is 22.7 Å². The van der Waals surface area contributed by atoms with Crippen molar-refractivity contribution >= 4 is 32.5 Å². The number of aromatic nitrogens is 2. The highest BCUT2D eigenvalue weighted by Crippen LogP contribution is 2.24. The molecule has 0 atom stereocenters. The third kappa shape index (κ3) is 2.95. The van der Waals surface area contributed by atoms with Gasteiger partial charge in [0.1, 0.15) is 23.1 Å². The topological polar surface area (TPSA) is 47.0 Å². The number of halogens is 1. The van der Waals surface area contributed by atoms with E-state index in [4.69, 9.17) is 4.74 Å². The Hall–Kier alpha value is -1.14. The Bertz CT molecular complexity index is 515. The molecule has 90 valence electrons. The Labute approximate surface area is 112 Å². The SMILES string of the molecule is CNc1snnc1COc1ccc(Br)cc1C. The Balaban J connectivity index is 2.07. The van der Waals surface area contributed by atoms with Crippen LogP contribution in [0.2, 0.25) is 0 Å². The van der Waals surface area contributed by atoms with Crippen LogP contribution in [0.25, 0.3) is 0 Å². The molecule has 0 spiro atoms. The number of nitrogens with one attached hydrogen (secondary N) is 1. The molecule has 0 radical (unpaired) electrons. The van der Waals surface area contributed by atoms with Crippen LogP contribution in [0.5, 0.6) is 5.75 Å². The largest absolute Gasteiger partial charge is 0.487 e. The number of ether oxygens (including phenoxy) is 1. The molecule has 0 aliphatic carbocycles. The molecule has 1 aromatic heterocycles. The molecule has 1 aromatic carbocycles. The normalized spacial score (nSPS) is 10.3. The summed E-state index contributed by atoms with van der Waals surface area (Å²) in [6, 6.07) is 5.92. The molecule has 17 heavy (non-hydrogen) atoms. The van der Waals surface area contributed by atoms with Crippen molar-refractivity contribution in [2.45, 2.75) is 13.5 Å². The molecule has 0 aliphatic heterocycles. The number of benzene rings is 1. The second kappa shape index (κ2) is 5.46. The van der Waals surface area contributed by atoms with Crippen molar-refractivity contribution in [3.8, 4) is 5.75 Å². The van der Waals surface area contributed by atoms with Crippen LogP contribution >= 0.6 is 27.5 Å². The van der Waals surface area contributed by atoms with Crippen LogP contribution in [0, 0.1) is 6.92 Å². The summed E-state index contributed by atoms with van der Waals surface area (Å²) in [5, 5.41) is 8.01. The summed E-state index contributed by atoms with van der Waals surface area (Å²) in [7, 11) is 1.85. The number of aryl methyl sites for hydroxylation is 1. The van der Waals surface area contributed by atoms with Gasteiger partial charge >= 0.3 is 0 Å². The third-order valence-corrected chi connectivity index (χ3v) is 3.56. The van der Waals surface area contributed by atoms with Gasteiger partial charge in [0.05, 0.1) is 0 Å². The van der Waals surface area contributed by atoms with E-state index in [1.54, 1.807) is 0 Å². The summed E-state index contributed by atoms with van der Waals surface area (Å²) in [5.41, 5.74) is 1.92. The van der Waals surface area contributed by atoms with E-state index in [0.717, 1.165) is 26.5 Å². The summed E-state index contributed by atoms with van der Waals surface area (Å²) in [6.45, 7) is 2.44. The predicted octanol–water partition coefficient (Wildman–Crippen LogP) is 3.23. The Morgan fingerprint density at radius 1 is 1.47 bits per heavy atom. The maximum atomic E-state index is 5.72. The first-order valence-electron chi connectivity index (χ1n) is 5.08. The molecule has 0 amide bonds. The first kappa shape index (κ1) is 12.3. The predicted molar refractivity (Wildman–Crippen MR) is 72.7 cm³/mol. The highest BCUT2D eigenvalue weighted by molar-refractivity contribution is 9.10. The van der Waals surface area contributed by atoms with Gasteiger partial charge in [-0.1, -0.05) is 20.4 Å². The van der Waals surface area contributed by atoms with Crippen molar-refractivity contribution in [3.05, 3.63) is 33.9 Å². The van der Waals surface area contributed by atoms with Gasteiger partial charge < -0.3 is 10.1 Å². The summed E-state index contributed by atoms with van der Waals surface area (Å²) in [5.74, 6) is 0.864. The van der Waals surface area contributed by atoms with Gasteiger partial charge in [0, 0.05) is 23.1 Å². The zero-order chi connectivity index (χ0) is 12.3. The van der Waals surface area contributed by atoms with E-state index in [0.29, 0.717) is 6.61 Å². The van der Waals surface area contributed by atoms with Gasteiger partial charge in [0.2, 0.25) is 0 Å². The van der Waals surface area contributed by atoms with Gasteiger partial charge in [0.15, 0.2) is 0 Å². The van der Waals surface area contributed by atoms with Crippen molar-refractivity contribution < 1.29 is 4.74 Å². The molecule has 0 saturated carbocycles. The fourth-order valence-corrected chi connectivity index (χ4v) is 2.41. The van der Waals surface area contributed by atoms with Gasteiger partial charge in [-0.05, 0) is 30.7 Å². The van der Waals surface area contributed by atoms with Crippen molar-refractivity contribution in [1.29, 1.82) is 0 Å². The van der Waals surface area contributed by atoms with Crippen LogP contribution in [-0.4, -0.2) is 16.6 Å². The van der Waals surface area contributed by atoms with E-state index >= 15 is 0 Å². The van der Waals surface area contributed by atoms with Crippen LogP contribution in [0.3, 0.4) is 0 Å². The monoisotopic (exact) mass is 313 g/mol. The highest BCUT2D eigenvalue weighted by atomic mass is 79.9. The lowest BCUT2D eigenvalue weighted by Gasteiger charge is -2.08. The van der Waals surface area contributed by atoms with Crippen LogP contribution in [0.1, 0.15) is 11.3 Å². The van der Waals surface area contributed by atoms with Crippen LogP contribution in [0.4, 0.5) is 5.00 Å². The maximum Gasteiger partial charge on any atom is 0.136 e. The Morgan fingerprint density at radius 2 is 2.29 bits per heavy atom. The van der Waals surface area contributed by atoms with E-state index in [2.05, 4.69) is 30.8 Å². The lowest BCUT2D eigenvalue weighted by atomic mass is 10.2. The van der Waals surface area contributed by atoms with E-state index < -0.39 is 0 Å². The molecule has 0 fully saturated rings. The second-order valence-corrected chi connectivity index (χ2v) is 5.17. The zero-order valence-electron chi connectivity index (χ0n) is 9.53. The molecular weight excluding hydrogens is 302 g/mol. The molecule has 2 rings (SSSR count). The molecule has 0 bridgehead atoms. The van der Waals surface area contributed by atoms with Crippen molar-refractivity contribution in [2.75, 3.05) is 12.4 Å². The minimum absolute atomic E-state index is 0.426. The van der Waals surface area contributed by atoms with Gasteiger partial charge in [-0.15, -0.1) is 5.10 Å². The summed E-state index contributed by atoms with van der Waals surface area (Å²) < 4.78 is 10.7. The summed E-state index contributed by atoms with van der Waals surface area (Å²) >= 11 is 4.75. The minimum Gasteiger partial charge on any atom is -0.487 e. The molecule has 1 heterocycles. The average Bonchev–Trinajstić information content (AvgIpc) is 2.75. The van der Waals surface area contributed by atoms with E-state index in [9.17, 15) is 0 Å². The average molecular weight is 314 g/mol. The number of hydrogen-bond donors (Lipinski definition) is 1. The Kier molecular flexibility index (Phi) is 3.96. The molecule has 0 unspecified atom stereocenters. The minimum atomic E-state index is 0.426. The smallest absolute Gasteiger partial charge is 0.136 e. The van der Waals surface area contributed by atoms with Crippen LogP contribution < -0.4 is 10.1 Å². The first-order valence-corrected chi connectivity index (χ1v) is 6.65. The van der Waals surface area contributed by atoms with Crippen molar-refractivity contribution in [1.82, 2.24) is 9.59 Å². The molecule has 2 aromatic rings. The molecule has 0 aliphatic rings. The summed E-state index contributed by atoms with van der Waals surface area (Å²) in [6.07, 6.45) is 0. The third-order valence-electron chi connectivity index (χ3n) is 2.28. The van der Waals surface area contributed by atoms with Crippen molar-refractivity contribution in [2.24, 2.45) is 0 Å². The van der Waals surface area contributed by atoms with Crippen molar-refractivity contribution in [3.63, 3.8) is 0 Å². The quantitative estimate of drug-likeness (QED) is 0.941. The van der Waals surface area contributed by atoms with Gasteiger partial charge in [-0.3, -0.25) is 0 Å². The number of hydrogen-bond acceptors (Lipinski definition) is 5. The molecular formula is C11H12BrN3OS. The van der Waals surface area contributed by atoms with E-state index in [1.165, 1.54) is 11.5 Å². The summed E-state index contributed by atoms with van der Waals surface area (Å²) in [4.78, 5) is 0. The zero-order valence-corrected chi connectivity index (χ0v) is 11.9. The number of anilines is 1.